The molecule has 0 radical (unpaired) electrons. The standard InChI is InChI=1S/C40H66O6/c1-3-5-7-9-11-13-15-17-18-20-22-24-27-31-37(42)32-28-26-30-34-40(44)46-38(35-41)36-45-39(43)33-29-25-23-21-19-16-14-12-10-8-6-4-2/h5,7,11,13,17-18,22,24,26-28,31,37-38,41-42H,3-4,6,8-10,12,14-16,19-21,23,25,29-30,32-36H2,1-2H3/b7-5-,13-11-,18-17-,24-22-,28-26-,31-27-/t37?,38-/m0/s1. The largest absolute Gasteiger partial charge is 0.462 e. The van der Waals surface area contributed by atoms with Gasteiger partial charge >= 0.3 is 11.9 Å². The molecule has 0 saturated heterocycles. The van der Waals surface area contributed by atoms with E-state index in [0.717, 1.165) is 44.9 Å². The van der Waals surface area contributed by atoms with Gasteiger partial charge in [0, 0.05) is 12.8 Å². The van der Waals surface area contributed by atoms with Crippen LogP contribution in [0.3, 0.4) is 0 Å². The third-order valence-electron chi connectivity index (χ3n) is 7.36. The van der Waals surface area contributed by atoms with Gasteiger partial charge in [-0.15, -0.1) is 0 Å². The summed E-state index contributed by atoms with van der Waals surface area (Å²) in [4.78, 5) is 24.1. The van der Waals surface area contributed by atoms with Gasteiger partial charge in [0.25, 0.3) is 0 Å². The number of allylic oxidation sites excluding steroid dienone is 10. The van der Waals surface area contributed by atoms with E-state index in [2.05, 4.69) is 50.3 Å². The molecule has 0 aromatic heterocycles. The minimum Gasteiger partial charge on any atom is -0.462 e. The Morgan fingerprint density at radius 3 is 1.78 bits per heavy atom. The molecule has 2 N–H and O–H groups in total. The molecule has 46 heavy (non-hydrogen) atoms. The lowest BCUT2D eigenvalue weighted by Crippen LogP contribution is -2.28. The SMILES string of the molecule is CC/C=C\C/C=C\C/C=C\C/C=C\C=C/C(O)C/C=C\CCC(=O)O[C@@H](CO)COC(=O)CCCCCCCCCCCCCC. The number of carbonyl (C=O) groups is 2. The molecule has 262 valence electrons. The minimum absolute atomic E-state index is 0.132. The summed E-state index contributed by atoms with van der Waals surface area (Å²) in [6, 6.07) is 0. The van der Waals surface area contributed by atoms with Crippen molar-refractivity contribution in [2.75, 3.05) is 13.2 Å². The van der Waals surface area contributed by atoms with E-state index in [1.807, 2.05) is 30.4 Å². The van der Waals surface area contributed by atoms with Crippen LogP contribution in [0.15, 0.2) is 72.9 Å². The van der Waals surface area contributed by atoms with Gasteiger partial charge in [0.2, 0.25) is 0 Å². The Labute approximate surface area is 281 Å². The van der Waals surface area contributed by atoms with Gasteiger partial charge in [0.1, 0.15) is 6.61 Å². The van der Waals surface area contributed by atoms with Crippen LogP contribution in [-0.4, -0.2) is 47.6 Å². The van der Waals surface area contributed by atoms with E-state index < -0.39 is 24.8 Å². The van der Waals surface area contributed by atoms with Crippen LogP contribution in [0.5, 0.6) is 0 Å². The molecule has 0 heterocycles. The summed E-state index contributed by atoms with van der Waals surface area (Å²) in [6.07, 6.45) is 42.7. The molecule has 0 fully saturated rings. The van der Waals surface area contributed by atoms with Gasteiger partial charge in [-0.2, -0.15) is 0 Å². The van der Waals surface area contributed by atoms with Crippen LogP contribution in [0.25, 0.3) is 0 Å². The van der Waals surface area contributed by atoms with Crippen LogP contribution < -0.4 is 0 Å². The van der Waals surface area contributed by atoms with Gasteiger partial charge in [-0.1, -0.05) is 157 Å². The summed E-state index contributed by atoms with van der Waals surface area (Å²) in [5.74, 6) is -0.778. The lowest BCUT2D eigenvalue weighted by atomic mass is 10.0. The third-order valence-corrected chi connectivity index (χ3v) is 7.36. The van der Waals surface area contributed by atoms with Crippen molar-refractivity contribution in [1.29, 1.82) is 0 Å². The second kappa shape index (κ2) is 35.2. The number of hydrogen-bond acceptors (Lipinski definition) is 6. The number of carbonyl (C=O) groups excluding carboxylic acids is 2. The van der Waals surface area contributed by atoms with Crippen LogP contribution in [-0.2, 0) is 19.1 Å². The maximum atomic E-state index is 12.1. The van der Waals surface area contributed by atoms with Crippen LogP contribution in [0.1, 0.15) is 142 Å². The van der Waals surface area contributed by atoms with Crippen molar-refractivity contribution in [2.24, 2.45) is 0 Å². The van der Waals surface area contributed by atoms with Gasteiger partial charge in [-0.25, -0.2) is 0 Å². The topological polar surface area (TPSA) is 93.1 Å². The van der Waals surface area contributed by atoms with E-state index in [1.54, 1.807) is 6.08 Å². The number of aliphatic hydroxyl groups excluding tert-OH is 2. The second-order valence-corrected chi connectivity index (χ2v) is 11.8. The van der Waals surface area contributed by atoms with Gasteiger partial charge in [0.15, 0.2) is 6.10 Å². The van der Waals surface area contributed by atoms with Gasteiger partial charge in [-0.3, -0.25) is 9.59 Å². The summed E-state index contributed by atoms with van der Waals surface area (Å²) < 4.78 is 10.5. The van der Waals surface area contributed by atoms with E-state index in [0.29, 0.717) is 19.3 Å². The van der Waals surface area contributed by atoms with Gasteiger partial charge < -0.3 is 19.7 Å². The molecule has 6 nitrogen and oxygen atoms in total. The fourth-order valence-corrected chi connectivity index (χ4v) is 4.60. The number of unbranched alkanes of at least 4 members (excludes halogenated alkanes) is 11. The first-order chi connectivity index (χ1) is 22.5. The summed E-state index contributed by atoms with van der Waals surface area (Å²) in [7, 11) is 0. The Hall–Kier alpha value is -2.70. The Morgan fingerprint density at radius 1 is 0.630 bits per heavy atom. The maximum absolute atomic E-state index is 12.1. The predicted molar refractivity (Wildman–Crippen MR) is 192 cm³/mol. The number of esters is 2. The zero-order valence-corrected chi connectivity index (χ0v) is 29.2. The highest BCUT2D eigenvalue weighted by molar-refractivity contribution is 5.70. The molecule has 0 rings (SSSR count). The molecule has 2 atom stereocenters. The highest BCUT2D eigenvalue weighted by Gasteiger charge is 2.15. The summed E-state index contributed by atoms with van der Waals surface area (Å²) >= 11 is 0. The van der Waals surface area contributed by atoms with E-state index >= 15 is 0 Å². The molecule has 1 unspecified atom stereocenters. The number of hydrogen-bond donors (Lipinski definition) is 2. The van der Waals surface area contributed by atoms with Crippen LogP contribution >= 0.6 is 0 Å². The molecule has 0 bridgehead atoms. The summed E-state index contributed by atoms with van der Waals surface area (Å²) in [5, 5.41) is 19.6. The Bertz CT molecular complexity index is 882. The predicted octanol–water partition coefficient (Wildman–Crippen LogP) is 9.97. The molecule has 0 amide bonds. The van der Waals surface area contributed by atoms with Gasteiger partial charge in [0.05, 0.1) is 12.7 Å². The van der Waals surface area contributed by atoms with Gasteiger partial charge in [-0.05, 0) is 44.9 Å². The van der Waals surface area contributed by atoms with Crippen molar-refractivity contribution in [1.82, 2.24) is 0 Å². The van der Waals surface area contributed by atoms with E-state index in [-0.39, 0.29) is 19.0 Å². The fraction of sp³-hybridized carbons (Fsp3) is 0.650. The molecule has 0 aliphatic rings. The zero-order chi connectivity index (χ0) is 33.8. The Morgan fingerprint density at radius 2 is 1.20 bits per heavy atom. The maximum Gasteiger partial charge on any atom is 0.306 e. The van der Waals surface area contributed by atoms with Crippen molar-refractivity contribution in [3.05, 3.63) is 72.9 Å². The number of aliphatic hydroxyl groups is 2. The molecule has 0 spiro atoms. The normalized spacial score (nSPS) is 13.7. The fourth-order valence-electron chi connectivity index (χ4n) is 4.60. The van der Waals surface area contributed by atoms with Crippen molar-refractivity contribution < 1.29 is 29.3 Å². The first kappa shape index (κ1) is 43.3. The molecule has 6 heteroatoms. The lowest BCUT2D eigenvalue weighted by Gasteiger charge is -2.15. The summed E-state index contributed by atoms with van der Waals surface area (Å²) in [5.41, 5.74) is 0. The third kappa shape index (κ3) is 32.7. The molecular weight excluding hydrogens is 576 g/mol. The molecule has 0 aliphatic heterocycles. The Kier molecular flexibility index (Phi) is 33.1. The van der Waals surface area contributed by atoms with E-state index in [4.69, 9.17) is 9.47 Å². The molecular formula is C40H66O6. The zero-order valence-electron chi connectivity index (χ0n) is 29.2. The highest BCUT2D eigenvalue weighted by atomic mass is 16.6. The number of ether oxygens (including phenoxy) is 2. The molecule has 0 saturated carbocycles. The van der Waals surface area contributed by atoms with Crippen molar-refractivity contribution >= 4 is 11.9 Å². The van der Waals surface area contributed by atoms with Crippen molar-refractivity contribution in [3.63, 3.8) is 0 Å². The van der Waals surface area contributed by atoms with Crippen LogP contribution in [0, 0.1) is 0 Å². The smallest absolute Gasteiger partial charge is 0.306 e. The van der Waals surface area contributed by atoms with Crippen molar-refractivity contribution in [3.8, 4) is 0 Å². The van der Waals surface area contributed by atoms with E-state index in [1.165, 1.54) is 57.8 Å². The summed E-state index contributed by atoms with van der Waals surface area (Å²) in [6.45, 7) is 3.85. The first-order valence-corrected chi connectivity index (χ1v) is 18.1. The number of rotatable bonds is 31. The highest BCUT2D eigenvalue weighted by Crippen LogP contribution is 2.13. The average Bonchev–Trinajstić information content (AvgIpc) is 3.05. The molecule has 0 aromatic carbocycles. The minimum atomic E-state index is -0.854. The van der Waals surface area contributed by atoms with Crippen LogP contribution in [0.4, 0.5) is 0 Å². The molecule has 0 aromatic rings. The van der Waals surface area contributed by atoms with E-state index in [9.17, 15) is 19.8 Å². The second-order valence-electron chi connectivity index (χ2n) is 11.8. The average molecular weight is 643 g/mol. The molecule has 0 aliphatic carbocycles. The lowest BCUT2D eigenvalue weighted by molar-refractivity contribution is -0.161. The van der Waals surface area contributed by atoms with Crippen molar-refractivity contribution in [2.45, 2.75) is 154 Å². The Balaban J connectivity index is 3.86. The monoisotopic (exact) mass is 642 g/mol. The van der Waals surface area contributed by atoms with Crippen LogP contribution in [0.2, 0.25) is 0 Å². The first-order valence-electron chi connectivity index (χ1n) is 18.1. The quantitative estimate of drug-likeness (QED) is 0.0338.